The summed E-state index contributed by atoms with van der Waals surface area (Å²) in [6.45, 7) is 6.51. The molecule has 0 saturated carbocycles. The van der Waals surface area contributed by atoms with Crippen molar-refractivity contribution in [1.82, 2.24) is 5.32 Å². The van der Waals surface area contributed by atoms with Gasteiger partial charge in [0.25, 0.3) is 0 Å². The number of carbonyl (C=O) groups excluding carboxylic acids is 2. The van der Waals surface area contributed by atoms with E-state index in [1.807, 2.05) is 0 Å². The van der Waals surface area contributed by atoms with Crippen molar-refractivity contribution in [3.63, 3.8) is 0 Å². The molecule has 0 aliphatic carbocycles. The summed E-state index contributed by atoms with van der Waals surface area (Å²) in [7, 11) is 0. The first-order valence-corrected chi connectivity index (χ1v) is 28.6. The Morgan fingerprint density at radius 1 is 0.453 bits per heavy atom. The van der Waals surface area contributed by atoms with E-state index in [0.29, 0.717) is 19.3 Å². The monoisotopic (exact) mass is 902 g/mol. The first kappa shape index (κ1) is 62.3. The molecule has 0 saturated heterocycles. The molecule has 3 N–H and O–H groups in total. The lowest BCUT2D eigenvalue weighted by Crippen LogP contribution is -2.46. The maximum atomic E-state index is 13.2. The Bertz CT molecular complexity index is 1010. The molecule has 0 rings (SSSR count). The molecule has 0 spiro atoms. The van der Waals surface area contributed by atoms with Crippen molar-refractivity contribution in [2.45, 2.75) is 328 Å². The summed E-state index contributed by atoms with van der Waals surface area (Å²) < 4.78 is 5.95. The van der Waals surface area contributed by atoms with E-state index in [2.05, 4.69) is 50.4 Å². The first-order valence-electron chi connectivity index (χ1n) is 28.6. The van der Waals surface area contributed by atoms with Gasteiger partial charge in [0.1, 0.15) is 6.10 Å². The van der Waals surface area contributed by atoms with Crippen LogP contribution in [0.25, 0.3) is 0 Å². The van der Waals surface area contributed by atoms with Crippen molar-refractivity contribution >= 4 is 11.9 Å². The fourth-order valence-corrected chi connectivity index (χ4v) is 8.95. The zero-order chi connectivity index (χ0) is 46.7. The third kappa shape index (κ3) is 46.9. The van der Waals surface area contributed by atoms with Crippen LogP contribution in [0.4, 0.5) is 0 Å². The van der Waals surface area contributed by atoms with Crippen molar-refractivity contribution in [2.24, 2.45) is 0 Å². The summed E-state index contributed by atoms with van der Waals surface area (Å²) in [5.41, 5.74) is 0. The normalized spacial score (nSPS) is 13.3. The summed E-state index contributed by atoms with van der Waals surface area (Å²) >= 11 is 0. The molecule has 0 aromatic carbocycles. The van der Waals surface area contributed by atoms with Crippen molar-refractivity contribution in [3.05, 3.63) is 24.3 Å². The number of aliphatic hydroxyl groups is 2. The van der Waals surface area contributed by atoms with Gasteiger partial charge in [-0.1, -0.05) is 270 Å². The number of amides is 1. The average molecular weight is 903 g/mol. The number of rotatable bonds is 52. The summed E-state index contributed by atoms with van der Waals surface area (Å²) in [4.78, 5) is 26.2. The van der Waals surface area contributed by atoms with Gasteiger partial charge in [0.2, 0.25) is 5.91 Å². The molecule has 3 atom stereocenters. The van der Waals surface area contributed by atoms with Crippen LogP contribution in [-0.4, -0.2) is 46.9 Å². The third-order valence-corrected chi connectivity index (χ3v) is 13.3. The van der Waals surface area contributed by atoms with Gasteiger partial charge >= 0.3 is 5.97 Å². The number of unbranched alkanes of at least 4 members (excludes halogenated alkanes) is 37. The Kier molecular flexibility index (Phi) is 51.0. The van der Waals surface area contributed by atoms with E-state index in [1.165, 1.54) is 199 Å². The Morgan fingerprint density at radius 2 is 0.781 bits per heavy atom. The molecule has 1 amide bonds. The molecule has 0 aromatic rings. The Hall–Kier alpha value is -1.66. The highest BCUT2D eigenvalue weighted by Gasteiger charge is 2.24. The van der Waals surface area contributed by atoms with Gasteiger partial charge in [-0.05, 0) is 51.4 Å². The maximum absolute atomic E-state index is 13.2. The van der Waals surface area contributed by atoms with Crippen LogP contribution in [0.1, 0.15) is 310 Å². The maximum Gasteiger partial charge on any atom is 0.306 e. The van der Waals surface area contributed by atoms with Gasteiger partial charge in [-0.25, -0.2) is 0 Å². The number of aliphatic hydroxyl groups excluding tert-OH is 2. The van der Waals surface area contributed by atoms with Crippen molar-refractivity contribution in [3.8, 4) is 0 Å². The van der Waals surface area contributed by atoms with Crippen molar-refractivity contribution in [2.75, 3.05) is 6.61 Å². The van der Waals surface area contributed by atoms with E-state index >= 15 is 0 Å². The Labute approximate surface area is 399 Å². The largest absolute Gasteiger partial charge is 0.462 e. The van der Waals surface area contributed by atoms with Gasteiger partial charge < -0.3 is 20.3 Å². The highest BCUT2D eigenvalue weighted by atomic mass is 16.5. The van der Waals surface area contributed by atoms with Gasteiger partial charge in [-0.3, -0.25) is 9.59 Å². The van der Waals surface area contributed by atoms with Crippen LogP contribution in [0.5, 0.6) is 0 Å². The minimum absolute atomic E-state index is 0.0656. The number of nitrogens with one attached hydrogen (secondary N) is 1. The summed E-state index contributed by atoms with van der Waals surface area (Å²) in [6.07, 6.45) is 61.0. The first-order chi connectivity index (χ1) is 31.5. The topological polar surface area (TPSA) is 95.9 Å². The highest BCUT2D eigenvalue weighted by Crippen LogP contribution is 2.18. The zero-order valence-electron chi connectivity index (χ0n) is 43.2. The van der Waals surface area contributed by atoms with E-state index in [-0.39, 0.29) is 24.9 Å². The second-order valence-electron chi connectivity index (χ2n) is 19.7. The SMILES string of the molecule is CCCCCCCCC/C=C/C=C/CCCCCC(CC(=O)NC(CO)C(O)CCCCCCCCCCCCCCCC)OC(=O)CCCCCCCCCCCCCCCCC. The third-order valence-electron chi connectivity index (χ3n) is 13.3. The summed E-state index contributed by atoms with van der Waals surface area (Å²) in [6, 6.07) is -0.706. The molecule has 378 valence electrons. The van der Waals surface area contributed by atoms with Gasteiger partial charge in [0.15, 0.2) is 0 Å². The van der Waals surface area contributed by atoms with Crippen LogP contribution < -0.4 is 5.32 Å². The van der Waals surface area contributed by atoms with Crippen LogP contribution >= 0.6 is 0 Å². The predicted molar refractivity (Wildman–Crippen MR) is 278 cm³/mol. The minimum Gasteiger partial charge on any atom is -0.462 e. The van der Waals surface area contributed by atoms with Crippen molar-refractivity contribution in [1.29, 1.82) is 0 Å². The van der Waals surface area contributed by atoms with Crippen LogP contribution in [-0.2, 0) is 14.3 Å². The molecule has 6 nitrogen and oxygen atoms in total. The summed E-state index contributed by atoms with van der Waals surface area (Å²) in [5.74, 6) is -0.481. The second-order valence-corrected chi connectivity index (χ2v) is 19.7. The zero-order valence-corrected chi connectivity index (χ0v) is 43.2. The van der Waals surface area contributed by atoms with E-state index in [1.54, 1.807) is 0 Å². The number of hydrogen-bond acceptors (Lipinski definition) is 5. The predicted octanol–water partition coefficient (Wildman–Crippen LogP) is 17.5. The van der Waals surface area contributed by atoms with E-state index in [9.17, 15) is 19.8 Å². The lowest BCUT2D eigenvalue weighted by molar-refractivity contribution is -0.151. The molecule has 64 heavy (non-hydrogen) atoms. The molecule has 0 aliphatic rings. The van der Waals surface area contributed by atoms with Gasteiger partial charge in [0.05, 0.1) is 25.2 Å². The molecule has 0 aliphatic heterocycles. The molecule has 0 bridgehead atoms. The molecule has 0 heterocycles. The molecular weight excluding hydrogens is 791 g/mol. The lowest BCUT2D eigenvalue weighted by Gasteiger charge is -2.24. The van der Waals surface area contributed by atoms with Crippen LogP contribution in [0.15, 0.2) is 24.3 Å². The van der Waals surface area contributed by atoms with Crippen LogP contribution in [0.2, 0.25) is 0 Å². The highest BCUT2D eigenvalue weighted by molar-refractivity contribution is 5.77. The standard InChI is InChI=1S/C58H111NO5/c1-4-7-10-13-16-19-22-25-28-30-31-34-37-40-43-46-49-54(64-58(63)51-48-45-42-39-36-33-29-26-23-20-17-14-11-8-5-2)52-57(62)59-55(53-60)56(61)50-47-44-41-38-35-32-27-24-21-18-15-12-9-6-3/h28,30-31,34,54-56,60-61H,4-27,29,32-33,35-53H2,1-3H3,(H,59,62)/b30-28+,34-31+. The van der Waals surface area contributed by atoms with Crippen molar-refractivity contribution < 1.29 is 24.5 Å². The second kappa shape index (κ2) is 52.3. The van der Waals surface area contributed by atoms with E-state index < -0.39 is 18.2 Å². The Balaban J connectivity index is 4.58. The molecular formula is C58H111NO5. The van der Waals surface area contributed by atoms with Crippen LogP contribution in [0, 0.1) is 0 Å². The van der Waals surface area contributed by atoms with Gasteiger partial charge in [0, 0.05) is 6.42 Å². The number of carbonyl (C=O) groups is 2. The average Bonchev–Trinajstić information content (AvgIpc) is 3.29. The molecule has 0 aromatic heterocycles. The fraction of sp³-hybridized carbons (Fsp3) is 0.897. The van der Waals surface area contributed by atoms with Gasteiger partial charge in [-0.15, -0.1) is 0 Å². The molecule has 0 radical (unpaired) electrons. The number of allylic oxidation sites excluding steroid dienone is 4. The van der Waals surface area contributed by atoms with E-state index in [4.69, 9.17) is 4.74 Å². The van der Waals surface area contributed by atoms with Gasteiger partial charge in [-0.2, -0.15) is 0 Å². The minimum atomic E-state index is -0.791. The molecule has 6 heteroatoms. The Morgan fingerprint density at radius 3 is 1.17 bits per heavy atom. The molecule has 0 fully saturated rings. The number of hydrogen-bond donors (Lipinski definition) is 3. The number of ether oxygens (including phenoxy) is 1. The summed E-state index contributed by atoms with van der Waals surface area (Å²) in [5, 5.41) is 23.9. The molecule has 3 unspecified atom stereocenters. The smallest absolute Gasteiger partial charge is 0.306 e. The fourth-order valence-electron chi connectivity index (χ4n) is 8.95. The lowest BCUT2D eigenvalue weighted by atomic mass is 10.0. The van der Waals surface area contributed by atoms with E-state index in [0.717, 1.165) is 64.2 Å². The quantitative estimate of drug-likeness (QED) is 0.0321. The number of esters is 1. The van der Waals surface area contributed by atoms with Crippen LogP contribution in [0.3, 0.4) is 0 Å².